The van der Waals surface area contributed by atoms with Crippen molar-refractivity contribution in [3.63, 3.8) is 0 Å². The number of halogens is 2. The number of anilines is 1. The van der Waals surface area contributed by atoms with Gasteiger partial charge in [-0.3, -0.25) is 14.5 Å². The highest BCUT2D eigenvalue weighted by Gasteiger charge is 2.49. The summed E-state index contributed by atoms with van der Waals surface area (Å²) in [4.78, 5) is 32.7. The number of thiophene rings is 1. The lowest BCUT2D eigenvalue weighted by Crippen LogP contribution is -2.28. The molecule has 1 aliphatic rings. The molecule has 0 aliphatic carbocycles. The Bertz CT molecular complexity index is 1500. The number of amides is 1. The van der Waals surface area contributed by atoms with Crippen LogP contribution in [0.4, 0.5) is 13.9 Å². The molecule has 3 heterocycles. The first-order chi connectivity index (χ1) is 16.7. The van der Waals surface area contributed by atoms with E-state index in [1.54, 1.807) is 23.6 Å². The minimum atomic E-state index is -1.06. The second-order valence-electron chi connectivity index (χ2n) is 8.08. The van der Waals surface area contributed by atoms with E-state index in [1.165, 1.54) is 23.3 Å². The van der Waals surface area contributed by atoms with Crippen molar-refractivity contribution in [3.05, 3.63) is 80.6 Å². The van der Waals surface area contributed by atoms with E-state index >= 15 is 0 Å². The molecular weight excluding hydrogens is 494 g/mol. The first kappa shape index (κ1) is 23.1. The topological polar surface area (TPSA) is 79.7 Å². The highest BCUT2D eigenvalue weighted by molar-refractivity contribution is 7.22. The molecule has 10 heteroatoms. The van der Waals surface area contributed by atoms with Crippen molar-refractivity contribution < 1.29 is 28.2 Å². The zero-order valence-corrected chi connectivity index (χ0v) is 20.4. The summed E-state index contributed by atoms with van der Waals surface area (Å²) in [7, 11) is 1.46. The van der Waals surface area contributed by atoms with Crippen LogP contribution in [0.2, 0.25) is 0 Å². The number of thiazole rings is 1. The van der Waals surface area contributed by atoms with Crippen LogP contribution in [0.1, 0.15) is 27.6 Å². The van der Waals surface area contributed by atoms with Gasteiger partial charge in [0.2, 0.25) is 0 Å². The molecule has 2 aromatic carbocycles. The predicted octanol–water partition coefficient (Wildman–Crippen LogP) is 5.89. The first-order valence-electron chi connectivity index (χ1n) is 10.5. The molecule has 1 fully saturated rings. The third-order valence-corrected chi connectivity index (χ3v) is 7.70. The number of hydrogen-bond donors (Lipinski definition) is 1. The number of fused-ring (bicyclic) bond motifs is 1. The van der Waals surface area contributed by atoms with Crippen molar-refractivity contribution in [2.45, 2.75) is 19.9 Å². The Morgan fingerprint density at radius 1 is 1.14 bits per heavy atom. The fraction of sp³-hybridized carbons (Fsp3) is 0.160. The van der Waals surface area contributed by atoms with Gasteiger partial charge in [0.1, 0.15) is 17.6 Å². The Morgan fingerprint density at radius 3 is 2.57 bits per heavy atom. The van der Waals surface area contributed by atoms with E-state index in [1.807, 2.05) is 19.9 Å². The highest BCUT2D eigenvalue weighted by atomic mass is 32.1. The van der Waals surface area contributed by atoms with Gasteiger partial charge in [-0.25, -0.2) is 13.8 Å². The number of hydrogen-bond acceptors (Lipinski definition) is 7. The van der Waals surface area contributed by atoms with Gasteiger partial charge in [-0.05, 0) is 48.6 Å². The Labute approximate surface area is 206 Å². The van der Waals surface area contributed by atoms with Crippen molar-refractivity contribution in [3.8, 4) is 5.75 Å². The Morgan fingerprint density at radius 2 is 1.89 bits per heavy atom. The zero-order chi connectivity index (χ0) is 25.0. The number of benzene rings is 2. The van der Waals surface area contributed by atoms with Crippen LogP contribution in [0.3, 0.4) is 0 Å². The van der Waals surface area contributed by atoms with Crippen LogP contribution >= 0.6 is 22.7 Å². The fourth-order valence-corrected chi connectivity index (χ4v) is 6.13. The Hall–Kier alpha value is -3.63. The Balaban J connectivity index is 1.75. The van der Waals surface area contributed by atoms with Crippen molar-refractivity contribution in [2.24, 2.45) is 0 Å². The third kappa shape index (κ3) is 3.69. The van der Waals surface area contributed by atoms with E-state index in [9.17, 15) is 23.5 Å². The normalized spacial score (nSPS) is 17.5. The maximum atomic E-state index is 13.8. The summed E-state index contributed by atoms with van der Waals surface area (Å²) in [6.45, 7) is 3.66. The highest BCUT2D eigenvalue weighted by Crippen LogP contribution is 2.46. The van der Waals surface area contributed by atoms with Gasteiger partial charge in [-0.2, -0.15) is 0 Å². The van der Waals surface area contributed by atoms with Crippen molar-refractivity contribution in [2.75, 3.05) is 12.0 Å². The summed E-state index contributed by atoms with van der Waals surface area (Å²) in [5.41, 5.74) is 1.93. The lowest BCUT2D eigenvalue weighted by atomic mass is 9.97. The first-order valence-corrected chi connectivity index (χ1v) is 12.2. The average Bonchev–Trinajstić information content (AvgIpc) is 3.52. The summed E-state index contributed by atoms with van der Waals surface area (Å²) in [6, 6.07) is 8.04. The minimum Gasteiger partial charge on any atom is -0.507 e. The molecule has 5 rings (SSSR count). The van der Waals surface area contributed by atoms with Gasteiger partial charge < -0.3 is 9.84 Å². The number of nitrogens with zero attached hydrogens (tertiary/aromatic N) is 2. The molecule has 1 unspecified atom stereocenters. The van der Waals surface area contributed by atoms with E-state index in [4.69, 9.17) is 4.74 Å². The third-order valence-electron chi connectivity index (χ3n) is 5.76. The Kier molecular flexibility index (Phi) is 5.65. The minimum absolute atomic E-state index is 0.0944. The number of carbonyl (C=O) groups is 2. The standard InChI is InChI=1S/C25H18F2N2O4S2/c1-11-7-12(2)23(33-3)13(8-11)21(30)19-20(17-5-4-6-34-17)29(24(32)22(19)31)25-28-16-9-14(26)15(27)10-18(16)35-25/h4-10,20,30H,1-3H3/b21-19+. The van der Waals surface area contributed by atoms with Gasteiger partial charge >= 0.3 is 5.91 Å². The van der Waals surface area contributed by atoms with Gasteiger partial charge in [0, 0.05) is 10.9 Å². The molecule has 0 radical (unpaired) electrons. The number of ether oxygens (including phenoxy) is 1. The number of methoxy groups -OCH3 is 1. The quantitative estimate of drug-likeness (QED) is 0.210. The van der Waals surface area contributed by atoms with E-state index in [-0.39, 0.29) is 27.5 Å². The monoisotopic (exact) mass is 512 g/mol. The van der Waals surface area contributed by atoms with Crippen molar-refractivity contribution in [1.29, 1.82) is 0 Å². The van der Waals surface area contributed by atoms with Crippen molar-refractivity contribution >= 4 is 55.5 Å². The molecule has 4 aromatic rings. The number of aliphatic hydroxyl groups is 1. The van der Waals surface area contributed by atoms with Gasteiger partial charge in [0.15, 0.2) is 16.8 Å². The molecule has 0 bridgehead atoms. The van der Waals surface area contributed by atoms with Gasteiger partial charge in [-0.1, -0.05) is 23.5 Å². The molecule has 1 aliphatic heterocycles. The second kappa shape index (κ2) is 8.54. The van der Waals surface area contributed by atoms with Crippen LogP contribution in [0, 0.1) is 25.5 Å². The largest absolute Gasteiger partial charge is 0.507 e. The van der Waals surface area contributed by atoms with Crippen LogP contribution < -0.4 is 9.64 Å². The van der Waals surface area contributed by atoms with Crippen LogP contribution in [0.15, 0.2) is 47.4 Å². The summed E-state index contributed by atoms with van der Waals surface area (Å²) in [5, 5.41) is 13.3. The maximum absolute atomic E-state index is 13.8. The molecule has 1 N–H and O–H groups in total. The lowest BCUT2D eigenvalue weighted by molar-refractivity contribution is -0.132. The SMILES string of the molecule is COc1c(C)cc(C)cc1/C(O)=C1\C(=O)C(=O)N(c2nc3cc(F)c(F)cc3s2)C1c1cccs1. The van der Waals surface area contributed by atoms with Gasteiger partial charge in [0.25, 0.3) is 5.78 Å². The predicted molar refractivity (Wildman–Crippen MR) is 131 cm³/mol. The summed E-state index contributed by atoms with van der Waals surface area (Å²) < 4.78 is 33.4. The molecule has 1 saturated heterocycles. The molecule has 35 heavy (non-hydrogen) atoms. The number of carbonyl (C=O) groups excluding carboxylic acids is 2. The van der Waals surface area contributed by atoms with Crippen LogP contribution in [-0.4, -0.2) is 28.9 Å². The smallest absolute Gasteiger partial charge is 0.301 e. The molecule has 1 amide bonds. The maximum Gasteiger partial charge on any atom is 0.301 e. The van der Waals surface area contributed by atoms with E-state index < -0.39 is 29.4 Å². The number of Topliss-reactive ketones (excluding diaryl/α,β-unsaturated/α-hetero) is 1. The average molecular weight is 513 g/mol. The van der Waals surface area contributed by atoms with Crippen molar-refractivity contribution in [1.82, 2.24) is 4.98 Å². The number of ketones is 1. The molecule has 6 nitrogen and oxygen atoms in total. The van der Waals surface area contributed by atoms with Crippen LogP contribution in [0.5, 0.6) is 5.75 Å². The lowest BCUT2D eigenvalue weighted by Gasteiger charge is -2.22. The molecule has 0 saturated carbocycles. The fourth-order valence-electron chi connectivity index (χ4n) is 4.31. The van der Waals surface area contributed by atoms with E-state index in [2.05, 4.69) is 4.98 Å². The van der Waals surface area contributed by atoms with E-state index in [0.29, 0.717) is 15.3 Å². The molecule has 1 atom stereocenters. The zero-order valence-electron chi connectivity index (χ0n) is 18.8. The summed E-state index contributed by atoms with van der Waals surface area (Å²) in [5.74, 6) is -3.87. The number of aryl methyl sites for hydroxylation is 2. The van der Waals surface area contributed by atoms with Gasteiger partial charge in [0.05, 0.1) is 28.5 Å². The van der Waals surface area contributed by atoms with Crippen LogP contribution in [0.25, 0.3) is 16.0 Å². The molecule has 2 aromatic heterocycles. The second-order valence-corrected chi connectivity index (χ2v) is 10.1. The summed E-state index contributed by atoms with van der Waals surface area (Å²) >= 11 is 2.26. The number of aliphatic hydroxyl groups excluding tert-OH is 1. The van der Waals surface area contributed by atoms with E-state index in [0.717, 1.165) is 34.6 Å². The molecular formula is C25H18F2N2O4S2. The van der Waals surface area contributed by atoms with Gasteiger partial charge in [-0.15, -0.1) is 11.3 Å². The molecule has 0 spiro atoms. The number of aromatic nitrogens is 1. The van der Waals surface area contributed by atoms with Crippen LogP contribution in [-0.2, 0) is 9.59 Å². The number of rotatable bonds is 4. The molecule has 178 valence electrons. The summed E-state index contributed by atoms with van der Waals surface area (Å²) in [6.07, 6.45) is 0.